The molecule has 0 saturated carbocycles. The van der Waals surface area contributed by atoms with Crippen molar-refractivity contribution in [3.05, 3.63) is 69.5 Å². The Morgan fingerprint density at radius 3 is 2.52 bits per heavy atom. The number of nitrogens with zero attached hydrogens (tertiary/aromatic N) is 2. The zero-order valence-electron chi connectivity index (χ0n) is 10.6. The van der Waals surface area contributed by atoms with Gasteiger partial charge in [0.15, 0.2) is 0 Å². The molecule has 6 heteroatoms. The van der Waals surface area contributed by atoms with Crippen LogP contribution in [0, 0.1) is 0 Å². The maximum atomic E-state index is 6.36. The zero-order valence-corrected chi connectivity index (χ0v) is 13.7. The van der Waals surface area contributed by atoms with E-state index in [1.165, 1.54) is 0 Å². The topological polar surface area (TPSA) is 38.9 Å². The van der Waals surface area contributed by atoms with Crippen LogP contribution in [0.5, 0.6) is 0 Å². The van der Waals surface area contributed by atoms with Gasteiger partial charge in [-0.15, -0.1) is 21.8 Å². The van der Waals surface area contributed by atoms with E-state index in [2.05, 4.69) is 26.1 Å². The van der Waals surface area contributed by atoms with E-state index in [1.807, 2.05) is 48.5 Å². The average molecular weight is 384 g/mol. The summed E-state index contributed by atoms with van der Waals surface area (Å²) in [6.45, 7) is 0. The molecule has 0 fully saturated rings. The molecule has 0 amide bonds. The number of rotatable bonds is 3. The van der Waals surface area contributed by atoms with E-state index in [0.717, 1.165) is 10.0 Å². The van der Waals surface area contributed by atoms with Crippen LogP contribution < -0.4 is 0 Å². The van der Waals surface area contributed by atoms with E-state index < -0.39 is 5.38 Å². The Morgan fingerprint density at radius 1 is 1.00 bits per heavy atom. The van der Waals surface area contributed by atoms with Crippen molar-refractivity contribution >= 4 is 39.1 Å². The van der Waals surface area contributed by atoms with Gasteiger partial charge in [0.2, 0.25) is 11.8 Å². The van der Waals surface area contributed by atoms with Gasteiger partial charge in [-0.05, 0) is 33.6 Å². The van der Waals surface area contributed by atoms with Crippen molar-refractivity contribution < 1.29 is 4.42 Å². The van der Waals surface area contributed by atoms with Gasteiger partial charge in [0, 0.05) is 4.47 Å². The summed E-state index contributed by atoms with van der Waals surface area (Å²) in [5.41, 5.74) is 1.57. The Bertz CT molecular complexity index is 761. The van der Waals surface area contributed by atoms with Crippen LogP contribution in [-0.4, -0.2) is 10.2 Å². The van der Waals surface area contributed by atoms with E-state index in [-0.39, 0.29) is 0 Å². The minimum absolute atomic E-state index is 0.342. The molecule has 0 aliphatic heterocycles. The highest BCUT2D eigenvalue weighted by atomic mass is 79.9. The second-order valence-electron chi connectivity index (χ2n) is 4.32. The smallest absolute Gasteiger partial charge is 0.249 e. The lowest BCUT2D eigenvalue weighted by Gasteiger charge is -2.04. The lowest BCUT2D eigenvalue weighted by molar-refractivity contribution is 0.513. The average Bonchev–Trinajstić information content (AvgIpc) is 3.00. The fourth-order valence-electron chi connectivity index (χ4n) is 1.88. The molecule has 0 saturated heterocycles. The van der Waals surface area contributed by atoms with Crippen molar-refractivity contribution in [1.29, 1.82) is 0 Å². The minimum Gasteiger partial charge on any atom is -0.419 e. The Balaban J connectivity index is 1.95. The molecular formula is C15H9BrCl2N2O. The Hall–Kier alpha value is -1.36. The fraction of sp³-hybridized carbons (Fsp3) is 0.0667. The van der Waals surface area contributed by atoms with Crippen molar-refractivity contribution in [3.63, 3.8) is 0 Å². The zero-order chi connectivity index (χ0) is 14.8. The van der Waals surface area contributed by atoms with Crippen molar-refractivity contribution in [2.75, 3.05) is 0 Å². The second-order valence-corrected chi connectivity index (χ2v) is 5.99. The Morgan fingerprint density at radius 2 is 1.76 bits per heavy atom. The number of halogens is 3. The van der Waals surface area contributed by atoms with Crippen molar-refractivity contribution in [2.45, 2.75) is 5.38 Å². The second kappa shape index (κ2) is 6.18. The highest BCUT2D eigenvalue weighted by Crippen LogP contribution is 2.35. The summed E-state index contributed by atoms with van der Waals surface area (Å²) in [5, 5.41) is 8.08. The van der Waals surface area contributed by atoms with E-state index in [0.29, 0.717) is 22.4 Å². The number of hydrogen-bond donors (Lipinski definition) is 0. The highest BCUT2D eigenvalue weighted by molar-refractivity contribution is 9.10. The predicted octanol–water partition coefficient (Wildman–Crippen LogP) is 5.48. The molecule has 1 heterocycles. The largest absolute Gasteiger partial charge is 0.419 e. The van der Waals surface area contributed by atoms with Crippen LogP contribution in [0.2, 0.25) is 5.02 Å². The minimum atomic E-state index is -0.488. The quantitative estimate of drug-likeness (QED) is 0.562. The molecule has 3 rings (SSSR count). The van der Waals surface area contributed by atoms with Gasteiger partial charge >= 0.3 is 0 Å². The lowest BCUT2D eigenvalue weighted by atomic mass is 10.1. The molecule has 3 nitrogen and oxygen atoms in total. The molecule has 1 unspecified atom stereocenters. The summed E-state index contributed by atoms with van der Waals surface area (Å²) in [6.07, 6.45) is 0. The van der Waals surface area contributed by atoms with Crippen LogP contribution >= 0.6 is 39.1 Å². The van der Waals surface area contributed by atoms with Gasteiger partial charge in [0.1, 0.15) is 5.38 Å². The highest BCUT2D eigenvalue weighted by Gasteiger charge is 2.20. The van der Waals surface area contributed by atoms with Gasteiger partial charge in [-0.2, -0.15) is 0 Å². The summed E-state index contributed by atoms with van der Waals surface area (Å²) in [4.78, 5) is 0. The normalized spacial score (nSPS) is 12.3. The van der Waals surface area contributed by atoms with Crippen molar-refractivity contribution in [2.24, 2.45) is 0 Å². The van der Waals surface area contributed by atoms with Gasteiger partial charge in [-0.3, -0.25) is 0 Å². The van der Waals surface area contributed by atoms with E-state index in [1.54, 1.807) is 0 Å². The molecule has 2 aromatic carbocycles. The molecule has 0 radical (unpaired) electrons. The number of benzene rings is 2. The third-order valence-corrected chi connectivity index (χ3v) is 4.67. The Kier molecular flexibility index (Phi) is 4.29. The summed E-state index contributed by atoms with van der Waals surface area (Å²) >= 11 is 16.0. The van der Waals surface area contributed by atoms with Gasteiger partial charge in [-0.25, -0.2) is 0 Å². The molecular weight excluding hydrogens is 375 g/mol. The van der Waals surface area contributed by atoms with Crippen molar-refractivity contribution in [3.8, 4) is 11.5 Å². The SMILES string of the molecule is Clc1c(Br)cccc1-c1nnc(C(Cl)c2ccccc2)o1. The molecule has 0 aliphatic carbocycles. The molecule has 1 aromatic heterocycles. The van der Waals surface area contributed by atoms with E-state index in [9.17, 15) is 0 Å². The summed E-state index contributed by atoms with van der Waals surface area (Å²) in [5.74, 6) is 0.687. The maximum Gasteiger partial charge on any atom is 0.249 e. The van der Waals surface area contributed by atoms with Crippen LogP contribution in [0.3, 0.4) is 0 Å². The number of aromatic nitrogens is 2. The lowest BCUT2D eigenvalue weighted by Crippen LogP contribution is -1.92. The van der Waals surface area contributed by atoms with E-state index in [4.69, 9.17) is 27.6 Å². The molecule has 21 heavy (non-hydrogen) atoms. The first-order chi connectivity index (χ1) is 10.2. The molecule has 1 atom stereocenters. The molecule has 0 spiro atoms. The number of alkyl halides is 1. The van der Waals surface area contributed by atoms with Crippen LogP contribution in [0.25, 0.3) is 11.5 Å². The van der Waals surface area contributed by atoms with Gasteiger partial charge in [0.05, 0.1) is 10.6 Å². The predicted molar refractivity (Wildman–Crippen MR) is 86.6 cm³/mol. The first-order valence-electron chi connectivity index (χ1n) is 6.13. The summed E-state index contributed by atoms with van der Waals surface area (Å²) < 4.78 is 6.43. The molecule has 0 bridgehead atoms. The maximum absolute atomic E-state index is 6.36. The van der Waals surface area contributed by atoms with Gasteiger partial charge in [0.25, 0.3) is 0 Å². The molecule has 0 N–H and O–H groups in total. The standard InChI is InChI=1S/C15H9BrCl2N2O/c16-11-8-4-7-10(13(11)18)14-19-20-15(21-14)12(17)9-5-2-1-3-6-9/h1-8,12H. The molecule has 0 aliphatic rings. The fourth-order valence-corrected chi connectivity index (χ4v) is 2.69. The molecule has 106 valence electrons. The van der Waals surface area contributed by atoms with E-state index >= 15 is 0 Å². The van der Waals surface area contributed by atoms with Crippen LogP contribution in [-0.2, 0) is 0 Å². The third-order valence-electron chi connectivity index (χ3n) is 2.93. The third kappa shape index (κ3) is 2.98. The van der Waals surface area contributed by atoms with Crippen LogP contribution in [0.4, 0.5) is 0 Å². The summed E-state index contributed by atoms with van der Waals surface area (Å²) in [6, 6.07) is 15.1. The Labute approximate surface area is 140 Å². The first-order valence-corrected chi connectivity index (χ1v) is 7.74. The molecule has 3 aromatic rings. The van der Waals surface area contributed by atoms with Gasteiger partial charge in [-0.1, -0.05) is 48.0 Å². The van der Waals surface area contributed by atoms with Gasteiger partial charge < -0.3 is 4.42 Å². The van der Waals surface area contributed by atoms with Crippen LogP contribution in [0.15, 0.2) is 57.4 Å². The summed E-state index contributed by atoms with van der Waals surface area (Å²) in [7, 11) is 0. The number of hydrogen-bond acceptors (Lipinski definition) is 3. The first kappa shape index (κ1) is 14.6. The van der Waals surface area contributed by atoms with Crippen LogP contribution in [0.1, 0.15) is 16.8 Å². The van der Waals surface area contributed by atoms with Crippen molar-refractivity contribution in [1.82, 2.24) is 10.2 Å². The monoisotopic (exact) mass is 382 g/mol.